The molecule has 110 valence electrons. The van der Waals surface area contributed by atoms with E-state index in [9.17, 15) is 4.39 Å². The van der Waals surface area contributed by atoms with E-state index in [1.54, 1.807) is 7.05 Å². The van der Waals surface area contributed by atoms with Crippen molar-refractivity contribution in [2.45, 2.75) is 27.7 Å². The molecule has 0 aliphatic heterocycles. The Bertz CT molecular complexity index is 475. The van der Waals surface area contributed by atoms with E-state index >= 15 is 0 Å². The highest BCUT2D eigenvalue weighted by Gasteiger charge is 2.04. The molecule has 20 heavy (non-hydrogen) atoms. The van der Waals surface area contributed by atoms with Crippen molar-refractivity contribution in [3.8, 4) is 0 Å². The zero-order valence-electron chi connectivity index (χ0n) is 12.7. The topological polar surface area (TPSA) is 49.8 Å². The summed E-state index contributed by atoms with van der Waals surface area (Å²) in [6.45, 7) is 8.00. The van der Waals surface area contributed by atoms with Gasteiger partial charge in [-0.05, 0) is 12.1 Å². The lowest BCUT2D eigenvalue weighted by Crippen LogP contribution is -2.02. The van der Waals surface area contributed by atoms with Gasteiger partial charge in [-0.25, -0.2) is 9.37 Å². The molecule has 1 aromatic heterocycles. The van der Waals surface area contributed by atoms with Crippen LogP contribution in [-0.4, -0.2) is 17.0 Å². The molecule has 4 nitrogen and oxygen atoms in total. The average Bonchev–Trinajstić information content (AvgIpc) is 2.54. The molecule has 0 aliphatic rings. The first-order valence-corrected chi connectivity index (χ1v) is 6.82. The van der Waals surface area contributed by atoms with Gasteiger partial charge in [-0.2, -0.15) is 4.98 Å². The van der Waals surface area contributed by atoms with Gasteiger partial charge in [0.1, 0.15) is 0 Å². The van der Waals surface area contributed by atoms with Crippen molar-refractivity contribution in [3.05, 3.63) is 42.3 Å². The Morgan fingerprint density at radius 1 is 1.00 bits per heavy atom. The van der Waals surface area contributed by atoms with E-state index in [4.69, 9.17) is 0 Å². The van der Waals surface area contributed by atoms with Gasteiger partial charge in [-0.15, -0.1) is 0 Å². The van der Waals surface area contributed by atoms with Crippen LogP contribution in [0.4, 0.5) is 21.8 Å². The number of nitrogens with one attached hydrogen (secondary N) is 2. The number of aromatic nitrogens is 2. The number of benzene rings is 1. The fourth-order valence-corrected chi connectivity index (χ4v) is 1.25. The van der Waals surface area contributed by atoms with Crippen LogP contribution in [0.5, 0.6) is 0 Å². The zero-order valence-corrected chi connectivity index (χ0v) is 12.7. The minimum absolute atomic E-state index is 0.174. The number of nitrogens with zero attached hydrogens (tertiary/aromatic N) is 2. The molecule has 0 aliphatic carbocycles. The van der Waals surface area contributed by atoms with Crippen LogP contribution >= 0.6 is 0 Å². The van der Waals surface area contributed by atoms with Gasteiger partial charge >= 0.3 is 0 Å². The molecule has 1 heterocycles. The molecular weight excluding hydrogens is 255 g/mol. The fourth-order valence-electron chi connectivity index (χ4n) is 1.25. The number of halogens is 1. The Hall–Kier alpha value is -2.17. The van der Waals surface area contributed by atoms with Crippen LogP contribution in [0, 0.1) is 5.82 Å². The maximum atomic E-state index is 13.1. The summed E-state index contributed by atoms with van der Waals surface area (Å²) in [5.74, 6) is 0.0616. The smallest absolute Gasteiger partial charge is 0.229 e. The molecule has 0 saturated heterocycles. The highest BCUT2D eigenvalue weighted by atomic mass is 19.1. The van der Waals surface area contributed by atoms with E-state index in [1.165, 1.54) is 0 Å². The number of para-hydroxylation sites is 1. The number of hydrogen-bond donors (Lipinski definition) is 2. The quantitative estimate of drug-likeness (QED) is 0.870. The van der Waals surface area contributed by atoms with Crippen molar-refractivity contribution >= 4 is 17.5 Å². The molecule has 2 N–H and O–H groups in total. The highest BCUT2D eigenvalue weighted by molar-refractivity contribution is 5.54. The van der Waals surface area contributed by atoms with Gasteiger partial charge in [-0.1, -0.05) is 45.9 Å². The summed E-state index contributed by atoms with van der Waals surface area (Å²) in [6, 6.07) is 9.46. The number of rotatable bonds is 3. The average molecular weight is 278 g/mol. The van der Waals surface area contributed by atoms with Gasteiger partial charge in [-0.3, -0.25) is 0 Å². The lowest BCUT2D eigenvalue weighted by atomic mass is 10.3. The van der Waals surface area contributed by atoms with Crippen LogP contribution in [0.25, 0.3) is 0 Å². The number of hydrogen-bond acceptors (Lipinski definition) is 4. The normalized spacial score (nSPS) is 8.50. The van der Waals surface area contributed by atoms with Gasteiger partial charge in [0.15, 0.2) is 11.6 Å². The van der Waals surface area contributed by atoms with Crippen molar-refractivity contribution in [1.82, 2.24) is 9.97 Å². The van der Waals surface area contributed by atoms with Gasteiger partial charge in [0, 0.05) is 12.7 Å². The van der Waals surface area contributed by atoms with Crippen molar-refractivity contribution in [3.63, 3.8) is 0 Å². The molecule has 0 atom stereocenters. The molecule has 0 saturated carbocycles. The maximum absolute atomic E-state index is 13.1. The predicted octanol–water partition coefficient (Wildman–Crippen LogP) is 4.45. The van der Waals surface area contributed by atoms with Crippen molar-refractivity contribution < 1.29 is 4.39 Å². The van der Waals surface area contributed by atoms with E-state index in [2.05, 4.69) is 20.6 Å². The standard InChI is InChI=1S/C11H11FN4.2C2H6/c1-13-10-9(12)7-14-11(16-10)15-8-5-3-2-4-6-8;2*1-2/h2-7H,1H3,(H2,13,14,15,16);2*1-2H3. The SMILES string of the molecule is CC.CC.CNc1nc(Nc2ccccc2)ncc1F. The lowest BCUT2D eigenvalue weighted by Gasteiger charge is -2.06. The first kappa shape index (κ1) is 17.8. The summed E-state index contributed by atoms with van der Waals surface area (Å²) in [4.78, 5) is 7.82. The zero-order chi connectivity index (χ0) is 15.4. The van der Waals surface area contributed by atoms with Crippen LogP contribution < -0.4 is 10.6 Å². The molecule has 0 spiro atoms. The highest BCUT2D eigenvalue weighted by Crippen LogP contribution is 2.15. The van der Waals surface area contributed by atoms with E-state index < -0.39 is 5.82 Å². The van der Waals surface area contributed by atoms with Crippen molar-refractivity contribution in [2.75, 3.05) is 17.7 Å². The van der Waals surface area contributed by atoms with Crippen LogP contribution in [0.1, 0.15) is 27.7 Å². The van der Waals surface area contributed by atoms with Gasteiger partial charge in [0.2, 0.25) is 5.95 Å². The molecule has 0 amide bonds. The summed E-state index contributed by atoms with van der Waals surface area (Å²) in [5.41, 5.74) is 0.858. The van der Waals surface area contributed by atoms with Crippen molar-refractivity contribution in [1.29, 1.82) is 0 Å². The van der Waals surface area contributed by atoms with E-state index in [0.717, 1.165) is 11.9 Å². The first-order valence-electron chi connectivity index (χ1n) is 6.82. The van der Waals surface area contributed by atoms with E-state index in [-0.39, 0.29) is 5.82 Å². The largest absolute Gasteiger partial charge is 0.371 e. The molecule has 0 unspecified atom stereocenters. The second-order valence-electron chi connectivity index (χ2n) is 3.13. The van der Waals surface area contributed by atoms with Crippen LogP contribution in [-0.2, 0) is 0 Å². The molecular formula is C15H23FN4. The Labute approximate surface area is 120 Å². The summed E-state index contributed by atoms with van der Waals surface area (Å²) in [7, 11) is 1.61. The predicted molar refractivity (Wildman–Crippen MR) is 84.0 cm³/mol. The molecule has 5 heteroatoms. The van der Waals surface area contributed by atoms with Gasteiger partial charge in [0.25, 0.3) is 0 Å². The number of anilines is 3. The molecule has 1 aromatic carbocycles. The third-order valence-corrected chi connectivity index (χ3v) is 2.01. The Balaban J connectivity index is 0.000000829. The van der Waals surface area contributed by atoms with Crippen LogP contribution in [0.15, 0.2) is 36.5 Å². The minimum atomic E-state index is -0.471. The maximum Gasteiger partial charge on any atom is 0.229 e. The van der Waals surface area contributed by atoms with Crippen LogP contribution in [0.3, 0.4) is 0 Å². The Morgan fingerprint density at radius 2 is 1.60 bits per heavy atom. The Morgan fingerprint density at radius 3 is 2.15 bits per heavy atom. The first-order chi connectivity index (χ1) is 9.79. The minimum Gasteiger partial charge on any atom is -0.371 e. The second-order valence-corrected chi connectivity index (χ2v) is 3.13. The summed E-state index contributed by atoms with van der Waals surface area (Å²) >= 11 is 0. The molecule has 0 bridgehead atoms. The van der Waals surface area contributed by atoms with E-state index in [1.807, 2.05) is 58.0 Å². The monoisotopic (exact) mass is 278 g/mol. The van der Waals surface area contributed by atoms with E-state index in [0.29, 0.717) is 5.95 Å². The molecule has 2 rings (SSSR count). The fraction of sp³-hybridized carbons (Fsp3) is 0.333. The molecule has 0 radical (unpaired) electrons. The molecule has 2 aromatic rings. The summed E-state index contributed by atoms with van der Waals surface area (Å²) in [5, 5.41) is 5.63. The Kier molecular flexibility index (Phi) is 9.56. The van der Waals surface area contributed by atoms with Gasteiger partial charge < -0.3 is 10.6 Å². The molecule has 0 fully saturated rings. The second kappa shape index (κ2) is 10.7. The summed E-state index contributed by atoms with van der Waals surface area (Å²) in [6.07, 6.45) is 1.13. The third-order valence-electron chi connectivity index (χ3n) is 2.01. The summed E-state index contributed by atoms with van der Waals surface area (Å²) < 4.78 is 13.1. The van der Waals surface area contributed by atoms with Gasteiger partial charge in [0.05, 0.1) is 6.20 Å². The third kappa shape index (κ3) is 5.65. The lowest BCUT2D eigenvalue weighted by molar-refractivity contribution is 0.619. The van der Waals surface area contributed by atoms with Crippen molar-refractivity contribution in [2.24, 2.45) is 0 Å². The van der Waals surface area contributed by atoms with Crippen LogP contribution in [0.2, 0.25) is 0 Å².